The minimum absolute atomic E-state index is 0.0291. The highest BCUT2D eigenvalue weighted by Crippen LogP contribution is 2.52. The molecule has 1 saturated carbocycles. The van der Waals surface area contributed by atoms with Gasteiger partial charge in [0.15, 0.2) is 0 Å². The van der Waals surface area contributed by atoms with Crippen molar-refractivity contribution in [3.63, 3.8) is 0 Å². The molecule has 0 spiro atoms. The fraction of sp³-hybridized carbons (Fsp3) is 0.824. The van der Waals surface area contributed by atoms with E-state index in [1.165, 1.54) is 6.42 Å². The Morgan fingerprint density at radius 3 is 2.77 bits per heavy atom. The monoisotopic (exact) mass is 305 g/mol. The second kappa shape index (κ2) is 5.36. The van der Waals surface area contributed by atoms with Crippen molar-refractivity contribution in [2.24, 2.45) is 15.9 Å². The largest absolute Gasteiger partial charge is 0.339 e. The van der Waals surface area contributed by atoms with Crippen LogP contribution in [0.15, 0.2) is 5.10 Å². The van der Waals surface area contributed by atoms with Gasteiger partial charge in [0.25, 0.3) is 0 Å². The first-order chi connectivity index (χ1) is 10.3. The normalized spacial score (nSPS) is 33.4. The SMILES string of the molecule is CC1(C)C[C@@H]2C[C@@](C)(CN2C(=O)CCC2=NNC(=O)CC2)C1. The van der Waals surface area contributed by atoms with E-state index in [1.54, 1.807) is 0 Å². The molecule has 3 aliphatic rings. The van der Waals surface area contributed by atoms with Crippen LogP contribution in [0.2, 0.25) is 0 Å². The Hall–Kier alpha value is -1.39. The smallest absolute Gasteiger partial charge is 0.240 e. The molecule has 2 amide bonds. The van der Waals surface area contributed by atoms with Crippen LogP contribution in [0.5, 0.6) is 0 Å². The van der Waals surface area contributed by atoms with Crippen molar-refractivity contribution in [3.05, 3.63) is 0 Å². The van der Waals surface area contributed by atoms with E-state index in [4.69, 9.17) is 0 Å². The van der Waals surface area contributed by atoms with Crippen molar-refractivity contribution in [2.75, 3.05) is 6.54 Å². The number of rotatable bonds is 3. The average molecular weight is 305 g/mol. The molecule has 3 rings (SSSR count). The van der Waals surface area contributed by atoms with Crippen molar-refractivity contribution < 1.29 is 9.59 Å². The molecule has 0 aromatic rings. The molecule has 5 nitrogen and oxygen atoms in total. The van der Waals surface area contributed by atoms with Crippen molar-refractivity contribution in [2.45, 2.75) is 71.8 Å². The molecule has 0 aromatic heterocycles. The number of hydrogen-bond acceptors (Lipinski definition) is 3. The Morgan fingerprint density at radius 1 is 1.32 bits per heavy atom. The summed E-state index contributed by atoms with van der Waals surface area (Å²) in [6, 6.07) is 0.411. The molecule has 0 aromatic carbocycles. The first-order valence-electron chi connectivity index (χ1n) is 8.40. The lowest BCUT2D eigenvalue weighted by atomic mass is 9.65. The Morgan fingerprint density at radius 2 is 2.09 bits per heavy atom. The fourth-order valence-electron chi connectivity index (χ4n) is 4.84. The Balaban J connectivity index is 1.58. The zero-order chi connectivity index (χ0) is 16.0. The molecule has 122 valence electrons. The molecule has 1 aliphatic carbocycles. The van der Waals surface area contributed by atoms with E-state index in [0.717, 1.165) is 25.1 Å². The molecule has 2 bridgehead atoms. The van der Waals surface area contributed by atoms with E-state index in [9.17, 15) is 9.59 Å². The van der Waals surface area contributed by atoms with Crippen LogP contribution in [-0.2, 0) is 9.59 Å². The van der Waals surface area contributed by atoms with Gasteiger partial charge in [-0.25, -0.2) is 5.43 Å². The molecule has 2 atom stereocenters. The minimum atomic E-state index is -0.0291. The van der Waals surface area contributed by atoms with Crippen LogP contribution in [0.25, 0.3) is 0 Å². The maximum absolute atomic E-state index is 12.6. The van der Waals surface area contributed by atoms with Crippen LogP contribution in [0.1, 0.15) is 65.7 Å². The molecule has 22 heavy (non-hydrogen) atoms. The Bertz CT molecular complexity index is 526. The summed E-state index contributed by atoms with van der Waals surface area (Å²) in [5.74, 6) is 0.226. The van der Waals surface area contributed by atoms with Gasteiger partial charge in [-0.05, 0) is 42.9 Å². The van der Waals surface area contributed by atoms with Gasteiger partial charge in [0.2, 0.25) is 11.8 Å². The van der Waals surface area contributed by atoms with E-state index in [0.29, 0.717) is 42.6 Å². The van der Waals surface area contributed by atoms with Gasteiger partial charge in [-0.15, -0.1) is 0 Å². The number of fused-ring (bicyclic) bond motifs is 2. The summed E-state index contributed by atoms with van der Waals surface area (Å²) in [6.45, 7) is 7.88. The fourth-order valence-corrected chi connectivity index (χ4v) is 4.84. The Labute approximate surface area is 132 Å². The van der Waals surface area contributed by atoms with Crippen LogP contribution in [0.4, 0.5) is 0 Å². The predicted octanol–water partition coefficient (Wildman–Crippen LogP) is 2.46. The molecule has 2 heterocycles. The highest BCUT2D eigenvalue weighted by Gasteiger charge is 2.50. The number of nitrogens with zero attached hydrogens (tertiary/aromatic N) is 2. The van der Waals surface area contributed by atoms with Crippen LogP contribution in [-0.4, -0.2) is 35.0 Å². The second-order valence-electron chi connectivity index (χ2n) is 8.45. The minimum Gasteiger partial charge on any atom is -0.339 e. The molecule has 0 radical (unpaired) electrons. The average Bonchev–Trinajstić information content (AvgIpc) is 2.67. The zero-order valence-corrected chi connectivity index (χ0v) is 13.9. The van der Waals surface area contributed by atoms with E-state index in [2.05, 4.69) is 36.2 Å². The molecule has 2 aliphatic heterocycles. The molecular formula is C17H27N3O2. The number of nitrogens with one attached hydrogen (secondary N) is 1. The van der Waals surface area contributed by atoms with Gasteiger partial charge in [-0.3, -0.25) is 9.59 Å². The van der Waals surface area contributed by atoms with Gasteiger partial charge in [0.1, 0.15) is 0 Å². The van der Waals surface area contributed by atoms with Gasteiger partial charge in [0.05, 0.1) is 0 Å². The summed E-state index contributed by atoms with van der Waals surface area (Å²) < 4.78 is 0. The van der Waals surface area contributed by atoms with Crippen LogP contribution < -0.4 is 5.43 Å². The summed E-state index contributed by atoms with van der Waals surface area (Å²) in [5.41, 5.74) is 4.08. The number of carbonyl (C=O) groups is 2. The van der Waals surface area contributed by atoms with Gasteiger partial charge >= 0.3 is 0 Å². The molecule has 1 saturated heterocycles. The van der Waals surface area contributed by atoms with E-state index < -0.39 is 0 Å². The van der Waals surface area contributed by atoms with Crippen LogP contribution in [0, 0.1) is 10.8 Å². The third kappa shape index (κ3) is 3.18. The second-order valence-corrected chi connectivity index (χ2v) is 8.45. The quantitative estimate of drug-likeness (QED) is 0.870. The predicted molar refractivity (Wildman–Crippen MR) is 85.3 cm³/mol. The molecule has 2 fully saturated rings. The lowest BCUT2D eigenvalue weighted by molar-refractivity contribution is -0.132. The van der Waals surface area contributed by atoms with Gasteiger partial charge in [-0.2, -0.15) is 5.10 Å². The van der Waals surface area contributed by atoms with E-state index in [-0.39, 0.29) is 11.8 Å². The maximum Gasteiger partial charge on any atom is 0.240 e. The summed E-state index contributed by atoms with van der Waals surface area (Å²) in [4.78, 5) is 25.8. The number of hydrazone groups is 1. The number of amides is 2. The summed E-state index contributed by atoms with van der Waals surface area (Å²) in [6.07, 6.45) is 5.84. The van der Waals surface area contributed by atoms with E-state index >= 15 is 0 Å². The first-order valence-corrected chi connectivity index (χ1v) is 8.40. The summed E-state index contributed by atoms with van der Waals surface area (Å²) in [5, 5.41) is 4.06. The van der Waals surface area contributed by atoms with Crippen molar-refractivity contribution in [1.29, 1.82) is 0 Å². The van der Waals surface area contributed by atoms with Gasteiger partial charge in [0, 0.05) is 31.1 Å². The third-order valence-corrected chi connectivity index (χ3v) is 5.34. The van der Waals surface area contributed by atoms with E-state index in [1.807, 2.05) is 0 Å². The standard InChI is InChI=1S/C17H27N3O2/c1-16(2)8-13-9-17(3,10-16)11-20(13)15(22)7-5-12-4-6-14(21)19-18-12/h13H,4-11H2,1-3H3,(H,19,21)/t13-,17-/m1/s1. The lowest BCUT2D eigenvalue weighted by Crippen LogP contribution is -2.38. The summed E-state index contributed by atoms with van der Waals surface area (Å²) in [7, 11) is 0. The number of likely N-dealkylation sites (tertiary alicyclic amines) is 1. The first kappa shape index (κ1) is 15.5. The molecule has 0 unspecified atom stereocenters. The van der Waals surface area contributed by atoms with Crippen LogP contribution >= 0.6 is 0 Å². The Kier molecular flexibility index (Phi) is 3.77. The molecular weight excluding hydrogens is 278 g/mol. The summed E-state index contributed by atoms with van der Waals surface area (Å²) >= 11 is 0. The van der Waals surface area contributed by atoms with Crippen molar-refractivity contribution in [1.82, 2.24) is 10.3 Å². The molecule has 5 heteroatoms. The number of hydrogen-bond donors (Lipinski definition) is 1. The van der Waals surface area contributed by atoms with Crippen molar-refractivity contribution in [3.8, 4) is 0 Å². The maximum atomic E-state index is 12.6. The molecule has 1 N–H and O–H groups in total. The highest BCUT2D eigenvalue weighted by atomic mass is 16.2. The van der Waals surface area contributed by atoms with Gasteiger partial charge in [-0.1, -0.05) is 20.8 Å². The third-order valence-electron chi connectivity index (χ3n) is 5.34. The van der Waals surface area contributed by atoms with Crippen LogP contribution in [0.3, 0.4) is 0 Å². The topological polar surface area (TPSA) is 61.8 Å². The van der Waals surface area contributed by atoms with Crippen molar-refractivity contribution >= 4 is 17.5 Å². The highest BCUT2D eigenvalue weighted by molar-refractivity contribution is 5.94. The van der Waals surface area contributed by atoms with Gasteiger partial charge < -0.3 is 4.90 Å². The zero-order valence-electron chi connectivity index (χ0n) is 13.9. The lowest BCUT2D eigenvalue weighted by Gasteiger charge is -2.39. The number of carbonyl (C=O) groups excluding carboxylic acids is 2.